The van der Waals surface area contributed by atoms with E-state index in [2.05, 4.69) is 5.32 Å². The molecule has 0 saturated heterocycles. The van der Waals surface area contributed by atoms with Crippen molar-refractivity contribution in [2.24, 2.45) is 0 Å². The third-order valence-corrected chi connectivity index (χ3v) is 8.51. The number of nitrogens with one attached hydrogen (secondary N) is 1. The third-order valence-electron chi connectivity index (χ3n) is 7.08. The van der Waals surface area contributed by atoms with Crippen LogP contribution in [0.3, 0.4) is 0 Å². The number of nitrogens with zero attached hydrogens (tertiary/aromatic N) is 2. The van der Waals surface area contributed by atoms with Crippen LogP contribution in [0, 0.1) is 0 Å². The lowest BCUT2D eigenvalue weighted by Gasteiger charge is -2.30. The van der Waals surface area contributed by atoms with E-state index in [0.717, 1.165) is 37.5 Å². The molecule has 0 aromatic heterocycles. The number of hydrogen-bond donors (Lipinski definition) is 1. The van der Waals surface area contributed by atoms with Crippen LogP contribution >= 0.6 is 11.6 Å². The van der Waals surface area contributed by atoms with Crippen molar-refractivity contribution >= 4 is 39.1 Å². The molecule has 1 N–H and O–H groups in total. The molecule has 1 fully saturated rings. The molecule has 1 atom stereocenters. The van der Waals surface area contributed by atoms with Gasteiger partial charge in [-0.1, -0.05) is 36.6 Å². The molecule has 4 rings (SSSR count). The minimum Gasteiger partial charge on any atom is -0.486 e. The lowest BCUT2D eigenvalue weighted by atomic mass is 10.1. The molecular formula is C28H36ClN3O6S. The van der Waals surface area contributed by atoms with Gasteiger partial charge >= 0.3 is 0 Å². The first-order chi connectivity index (χ1) is 18.6. The Morgan fingerprint density at radius 1 is 1.08 bits per heavy atom. The van der Waals surface area contributed by atoms with Crippen LogP contribution in [0.5, 0.6) is 11.5 Å². The largest absolute Gasteiger partial charge is 0.486 e. The van der Waals surface area contributed by atoms with Crippen LogP contribution in [-0.2, 0) is 26.2 Å². The van der Waals surface area contributed by atoms with Gasteiger partial charge in [-0.3, -0.25) is 13.9 Å². The van der Waals surface area contributed by atoms with Crippen molar-refractivity contribution < 1.29 is 27.5 Å². The fraction of sp³-hybridized carbons (Fsp3) is 0.500. The van der Waals surface area contributed by atoms with E-state index in [1.807, 2.05) is 6.07 Å². The molecule has 1 aliphatic heterocycles. The van der Waals surface area contributed by atoms with E-state index in [-0.39, 0.29) is 43.8 Å². The van der Waals surface area contributed by atoms with E-state index in [1.165, 1.54) is 4.31 Å². The highest BCUT2D eigenvalue weighted by atomic mass is 35.5. The number of rotatable bonds is 11. The number of amides is 2. The molecule has 39 heavy (non-hydrogen) atoms. The number of hydrogen-bond acceptors (Lipinski definition) is 6. The smallest absolute Gasteiger partial charge is 0.242 e. The highest BCUT2D eigenvalue weighted by Gasteiger charge is 2.29. The molecular weight excluding hydrogens is 542 g/mol. The van der Waals surface area contributed by atoms with Gasteiger partial charge < -0.3 is 19.7 Å². The van der Waals surface area contributed by atoms with E-state index < -0.39 is 16.1 Å². The zero-order chi connectivity index (χ0) is 28.0. The van der Waals surface area contributed by atoms with E-state index in [4.69, 9.17) is 21.1 Å². The molecule has 1 heterocycles. The predicted octanol–water partition coefficient (Wildman–Crippen LogP) is 4.13. The number of halogens is 1. The summed E-state index contributed by atoms with van der Waals surface area (Å²) in [5, 5.41) is 3.63. The van der Waals surface area contributed by atoms with Crippen LogP contribution in [0.1, 0.15) is 51.0 Å². The molecule has 11 heteroatoms. The van der Waals surface area contributed by atoms with Crippen molar-refractivity contribution in [3.63, 3.8) is 0 Å². The van der Waals surface area contributed by atoms with Gasteiger partial charge in [0.25, 0.3) is 0 Å². The Morgan fingerprint density at radius 3 is 2.49 bits per heavy atom. The predicted molar refractivity (Wildman–Crippen MR) is 151 cm³/mol. The third kappa shape index (κ3) is 7.79. The Balaban J connectivity index is 1.45. The van der Waals surface area contributed by atoms with Gasteiger partial charge in [0.15, 0.2) is 11.5 Å². The number of anilines is 1. The van der Waals surface area contributed by atoms with Gasteiger partial charge in [-0.25, -0.2) is 8.42 Å². The number of fused-ring (bicyclic) bond motifs is 1. The monoisotopic (exact) mass is 577 g/mol. The normalized spacial score (nSPS) is 16.0. The Hall–Kier alpha value is -2.98. The van der Waals surface area contributed by atoms with Gasteiger partial charge in [0, 0.05) is 36.6 Å². The number of carbonyl (C=O) groups is 2. The second-order valence-electron chi connectivity index (χ2n) is 10.1. The number of carbonyl (C=O) groups excluding carboxylic acids is 2. The molecule has 2 amide bonds. The summed E-state index contributed by atoms with van der Waals surface area (Å²) in [6, 6.07) is 11.6. The SMILES string of the molecule is C[C@@H](C(=O)NC1CCCC1)N(Cc1cccc(Cl)c1)C(=O)CCCN(c1ccc2c(c1)OCCO2)S(C)(=O)=O. The molecule has 2 aromatic rings. The quantitative estimate of drug-likeness (QED) is 0.430. The summed E-state index contributed by atoms with van der Waals surface area (Å²) in [5.74, 6) is 0.624. The second-order valence-corrected chi connectivity index (χ2v) is 12.4. The molecule has 2 aromatic carbocycles. The van der Waals surface area contributed by atoms with Gasteiger partial charge in [0.1, 0.15) is 19.3 Å². The number of sulfonamides is 1. The second kappa shape index (κ2) is 12.9. The number of ether oxygens (including phenoxy) is 2. The fourth-order valence-corrected chi connectivity index (χ4v) is 6.17. The van der Waals surface area contributed by atoms with Gasteiger partial charge in [-0.15, -0.1) is 0 Å². The van der Waals surface area contributed by atoms with Gasteiger partial charge in [-0.2, -0.15) is 0 Å². The maximum atomic E-state index is 13.5. The molecule has 0 bridgehead atoms. The summed E-state index contributed by atoms with van der Waals surface area (Å²) in [7, 11) is -3.63. The topological polar surface area (TPSA) is 105 Å². The molecule has 9 nitrogen and oxygen atoms in total. The Kier molecular flexibility index (Phi) is 9.61. The Bertz CT molecular complexity index is 1280. The van der Waals surface area contributed by atoms with Crippen LogP contribution in [-0.4, -0.2) is 63.2 Å². The Morgan fingerprint density at radius 2 is 1.79 bits per heavy atom. The van der Waals surface area contributed by atoms with E-state index in [1.54, 1.807) is 48.2 Å². The maximum absolute atomic E-state index is 13.5. The summed E-state index contributed by atoms with van der Waals surface area (Å²) in [5.41, 5.74) is 1.25. The van der Waals surface area contributed by atoms with Crippen molar-refractivity contribution in [3.05, 3.63) is 53.1 Å². The van der Waals surface area contributed by atoms with Crippen LogP contribution in [0.4, 0.5) is 5.69 Å². The van der Waals surface area contributed by atoms with E-state index in [0.29, 0.717) is 35.4 Å². The molecule has 2 aliphatic rings. The van der Waals surface area contributed by atoms with Crippen molar-refractivity contribution in [3.8, 4) is 11.5 Å². The lowest BCUT2D eigenvalue weighted by Crippen LogP contribution is -2.49. The van der Waals surface area contributed by atoms with Crippen molar-refractivity contribution in [1.29, 1.82) is 0 Å². The Labute approximate surface area is 235 Å². The minimum absolute atomic E-state index is 0.0676. The molecule has 0 spiro atoms. The van der Waals surface area contributed by atoms with E-state index >= 15 is 0 Å². The van der Waals surface area contributed by atoms with Crippen molar-refractivity contribution in [2.45, 2.75) is 64.1 Å². The first kappa shape index (κ1) is 29.0. The molecule has 212 valence electrons. The van der Waals surface area contributed by atoms with Crippen molar-refractivity contribution in [1.82, 2.24) is 10.2 Å². The van der Waals surface area contributed by atoms with Crippen LogP contribution in [0.2, 0.25) is 5.02 Å². The average molecular weight is 578 g/mol. The van der Waals surface area contributed by atoms with E-state index in [9.17, 15) is 18.0 Å². The van der Waals surface area contributed by atoms with Crippen LogP contribution in [0.25, 0.3) is 0 Å². The van der Waals surface area contributed by atoms with Gasteiger partial charge in [-0.05, 0) is 56.0 Å². The summed E-state index contributed by atoms with van der Waals surface area (Å²) in [4.78, 5) is 28.1. The highest BCUT2D eigenvalue weighted by molar-refractivity contribution is 7.92. The minimum atomic E-state index is -3.63. The molecule has 0 radical (unpaired) electrons. The highest BCUT2D eigenvalue weighted by Crippen LogP contribution is 2.34. The first-order valence-corrected chi connectivity index (χ1v) is 15.6. The summed E-state index contributed by atoms with van der Waals surface area (Å²) >= 11 is 6.17. The van der Waals surface area contributed by atoms with Crippen LogP contribution in [0.15, 0.2) is 42.5 Å². The average Bonchev–Trinajstić information content (AvgIpc) is 3.41. The summed E-state index contributed by atoms with van der Waals surface area (Å²) in [6.45, 7) is 2.87. The van der Waals surface area contributed by atoms with Gasteiger partial charge in [0.2, 0.25) is 21.8 Å². The number of benzene rings is 2. The molecule has 1 saturated carbocycles. The first-order valence-electron chi connectivity index (χ1n) is 13.3. The summed E-state index contributed by atoms with van der Waals surface area (Å²) < 4.78 is 37.7. The standard InChI is InChI=1S/C28H36ClN3O6S/c1-20(28(34)30-23-9-3-4-10-23)31(19-21-7-5-8-22(29)17-21)27(33)11-6-14-32(39(2,35)36)24-12-13-25-26(18-24)38-16-15-37-25/h5,7-8,12-13,17-18,20,23H,3-4,6,9-11,14-16,19H2,1-2H3,(H,30,34)/t20-/m0/s1. The fourth-order valence-electron chi connectivity index (χ4n) is 5.00. The molecule has 0 unspecified atom stereocenters. The zero-order valence-electron chi connectivity index (χ0n) is 22.4. The van der Waals surface area contributed by atoms with Gasteiger partial charge in [0.05, 0.1) is 11.9 Å². The zero-order valence-corrected chi connectivity index (χ0v) is 24.0. The summed E-state index contributed by atoms with van der Waals surface area (Å²) in [6.07, 6.45) is 5.53. The maximum Gasteiger partial charge on any atom is 0.242 e. The van der Waals surface area contributed by atoms with Crippen LogP contribution < -0.4 is 19.1 Å². The molecule has 1 aliphatic carbocycles. The van der Waals surface area contributed by atoms with Crippen molar-refractivity contribution in [2.75, 3.05) is 30.3 Å². The lowest BCUT2D eigenvalue weighted by molar-refractivity contribution is -0.141.